The Kier molecular flexibility index (Phi) is 7.30. The van der Waals surface area contributed by atoms with Gasteiger partial charge in [0.2, 0.25) is 0 Å². The highest BCUT2D eigenvalue weighted by atomic mass is 31.2. The predicted octanol–water partition coefficient (Wildman–Crippen LogP) is 2.45. The van der Waals surface area contributed by atoms with E-state index in [0.29, 0.717) is 25.2 Å². The van der Waals surface area contributed by atoms with E-state index in [-0.39, 0.29) is 0 Å². The summed E-state index contributed by atoms with van der Waals surface area (Å²) in [6.45, 7) is 10.8. The number of hydrogen-bond donors (Lipinski definition) is 2. The van der Waals surface area contributed by atoms with E-state index in [0.717, 1.165) is 6.54 Å². The summed E-state index contributed by atoms with van der Waals surface area (Å²) in [5.41, 5.74) is -1.09. The number of likely N-dealkylation sites (N-methyl/N-ethyl adjacent to an activating group) is 1. The van der Waals surface area contributed by atoms with Crippen LogP contribution in [0, 0.1) is 5.41 Å². The second-order valence-electron chi connectivity index (χ2n) is 5.81. The van der Waals surface area contributed by atoms with Crippen molar-refractivity contribution in [1.29, 1.82) is 0 Å². The van der Waals surface area contributed by atoms with Crippen LogP contribution in [0.3, 0.4) is 0 Å². The molecular formula is C13H28NO4P. The minimum Gasteiger partial charge on any atom is -0.497 e. The van der Waals surface area contributed by atoms with Gasteiger partial charge in [-0.15, -0.1) is 0 Å². The van der Waals surface area contributed by atoms with E-state index in [9.17, 15) is 14.4 Å². The second kappa shape index (κ2) is 7.44. The van der Waals surface area contributed by atoms with Gasteiger partial charge in [0, 0.05) is 12.0 Å². The van der Waals surface area contributed by atoms with Crippen molar-refractivity contribution >= 4 is 7.60 Å². The van der Waals surface area contributed by atoms with Gasteiger partial charge in [-0.05, 0) is 26.9 Å². The molecule has 2 N–H and O–H groups in total. The van der Waals surface area contributed by atoms with Gasteiger partial charge in [-0.2, -0.15) is 0 Å². The van der Waals surface area contributed by atoms with E-state index < -0.39 is 18.7 Å². The van der Waals surface area contributed by atoms with Gasteiger partial charge in [0.15, 0.2) is 0 Å². The SMILES string of the molecule is C=C(OCCN(C)C)C(C)(C)CC(CC)P(=O)(O)O. The molecule has 0 bridgehead atoms. The van der Waals surface area contributed by atoms with E-state index >= 15 is 0 Å². The zero-order valence-electron chi connectivity index (χ0n) is 12.7. The molecule has 0 amide bonds. The highest BCUT2D eigenvalue weighted by Gasteiger charge is 2.35. The van der Waals surface area contributed by atoms with Crippen molar-refractivity contribution in [2.24, 2.45) is 5.41 Å². The number of hydrogen-bond acceptors (Lipinski definition) is 3. The quantitative estimate of drug-likeness (QED) is 0.505. The van der Waals surface area contributed by atoms with Crippen molar-refractivity contribution in [1.82, 2.24) is 4.90 Å². The molecule has 0 saturated heterocycles. The highest BCUT2D eigenvalue weighted by Crippen LogP contribution is 2.49. The summed E-state index contributed by atoms with van der Waals surface area (Å²) in [6.07, 6.45) is 0.813. The van der Waals surface area contributed by atoms with Crippen molar-refractivity contribution in [2.45, 2.75) is 39.3 Å². The third-order valence-electron chi connectivity index (χ3n) is 3.26. The Morgan fingerprint density at radius 1 is 1.42 bits per heavy atom. The van der Waals surface area contributed by atoms with Gasteiger partial charge in [0.25, 0.3) is 0 Å². The van der Waals surface area contributed by atoms with Crippen LogP contribution >= 0.6 is 7.60 Å². The summed E-state index contributed by atoms with van der Waals surface area (Å²) in [5, 5.41) is 0. The zero-order valence-corrected chi connectivity index (χ0v) is 13.6. The smallest absolute Gasteiger partial charge is 0.328 e. The molecule has 0 aromatic rings. The molecule has 114 valence electrons. The van der Waals surface area contributed by atoms with E-state index in [4.69, 9.17) is 4.74 Å². The molecule has 0 aliphatic carbocycles. The lowest BCUT2D eigenvalue weighted by atomic mass is 9.85. The van der Waals surface area contributed by atoms with Crippen LogP contribution in [-0.4, -0.2) is 47.6 Å². The first-order valence-corrected chi connectivity index (χ1v) is 8.21. The van der Waals surface area contributed by atoms with E-state index in [1.165, 1.54) is 0 Å². The van der Waals surface area contributed by atoms with Gasteiger partial charge >= 0.3 is 7.60 Å². The normalized spacial score (nSPS) is 14.5. The number of allylic oxidation sites excluding steroid dienone is 1. The van der Waals surface area contributed by atoms with Crippen LogP contribution in [0.2, 0.25) is 0 Å². The van der Waals surface area contributed by atoms with E-state index in [1.54, 1.807) is 6.92 Å². The van der Waals surface area contributed by atoms with Crippen LogP contribution in [0.4, 0.5) is 0 Å². The van der Waals surface area contributed by atoms with Crippen molar-refractivity contribution in [3.8, 4) is 0 Å². The Morgan fingerprint density at radius 3 is 2.32 bits per heavy atom. The van der Waals surface area contributed by atoms with Gasteiger partial charge in [-0.3, -0.25) is 4.57 Å². The Labute approximate surface area is 116 Å². The van der Waals surface area contributed by atoms with Crippen LogP contribution in [0.5, 0.6) is 0 Å². The number of nitrogens with zero attached hydrogens (tertiary/aromatic N) is 1. The van der Waals surface area contributed by atoms with Gasteiger partial charge < -0.3 is 19.4 Å². The monoisotopic (exact) mass is 293 g/mol. The van der Waals surface area contributed by atoms with Crippen molar-refractivity contribution < 1.29 is 19.1 Å². The van der Waals surface area contributed by atoms with Crippen molar-refractivity contribution in [3.63, 3.8) is 0 Å². The second-order valence-corrected chi connectivity index (χ2v) is 7.72. The summed E-state index contributed by atoms with van der Waals surface area (Å²) in [7, 11) is -0.145. The highest BCUT2D eigenvalue weighted by molar-refractivity contribution is 7.52. The Morgan fingerprint density at radius 2 is 1.95 bits per heavy atom. The first kappa shape index (κ1) is 18.7. The van der Waals surface area contributed by atoms with Gasteiger partial charge in [-0.1, -0.05) is 27.4 Å². The maximum atomic E-state index is 11.4. The topological polar surface area (TPSA) is 70.0 Å². The fraction of sp³-hybridized carbons (Fsp3) is 0.846. The van der Waals surface area contributed by atoms with Gasteiger partial charge in [0.05, 0.1) is 11.4 Å². The third-order valence-corrected chi connectivity index (χ3v) is 4.76. The fourth-order valence-electron chi connectivity index (χ4n) is 1.75. The molecule has 1 atom stereocenters. The lowest BCUT2D eigenvalue weighted by Gasteiger charge is -2.31. The molecule has 6 heteroatoms. The molecule has 0 rings (SSSR count). The van der Waals surface area contributed by atoms with Crippen LogP contribution in [0.1, 0.15) is 33.6 Å². The predicted molar refractivity (Wildman–Crippen MR) is 78.2 cm³/mol. The first-order chi connectivity index (χ1) is 8.50. The summed E-state index contributed by atoms with van der Waals surface area (Å²) < 4.78 is 17.0. The summed E-state index contributed by atoms with van der Waals surface area (Å²) >= 11 is 0. The molecule has 0 aromatic heterocycles. The fourth-order valence-corrected chi connectivity index (χ4v) is 2.92. The molecule has 1 unspecified atom stereocenters. The van der Waals surface area contributed by atoms with E-state index in [2.05, 4.69) is 6.58 Å². The molecule has 0 radical (unpaired) electrons. The first-order valence-electron chi connectivity index (χ1n) is 6.52. The lowest BCUT2D eigenvalue weighted by molar-refractivity contribution is 0.123. The van der Waals surface area contributed by atoms with Crippen LogP contribution in [0.15, 0.2) is 12.3 Å². The molecule has 0 heterocycles. The maximum Gasteiger partial charge on any atom is 0.328 e. The van der Waals surface area contributed by atoms with E-state index in [1.807, 2.05) is 32.8 Å². The molecule has 0 aliphatic heterocycles. The number of ether oxygens (including phenoxy) is 1. The zero-order chi connectivity index (χ0) is 15.3. The Bertz CT molecular complexity index is 336. The summed E-state index contributed by atoms with van der Waals surface area (Å²) in [6, 6.07) is 0. The average Bonchev–Trinajstić information content (AvgIpc) is 2.23. The standard InChI is InChI=1S/C13H28NO4P/c1-7-12(19(15,16)17)10-13(3,4)11(2)18-9-8-14(5)6/h12H,2,7-10H2,1,3-6H3,(H2,15,16,17). The Balaban J connectivity index is 4.51. The average molecular weight is 293 g/mol. The van der Waals surface area contributed by atoms with Gasteiger partial charge in [0.1, 0.15) is 6.61 Å². The summed E-state index contributed by atoms with van der Waals surface area (Å²) in [4.78, 5) is 20.6. The molecule has 5 nitrogen and oxygen atoms in total. The molecule has 19 heavy (non-hydrogen) atoms. The molecule has 0 aromatic carbocycles. The molecular weight excluding hydrogens is 265 g/mol. The molecule has 0 spiro atoms. The molecule has 0 fully saturated rings. The van der Waals surface area contributed by atoms with Crippen molar-refractivity contribution in [3.05, 3.63) is 12.3 Å². The number of rotatable bonds is 9. The van der Waals surface area contributed by atoms with Crippen LogP contribution in [-0.2, 0) is 9.30 Å². The van der Waals surface area contributed by atoms with Crippen LogP contribution < -0.4 is 0 Å². The third kappa shape index (κ3) is 7.11. The van der Waals surface area contributed by atoms with Crippen molar-refractivity contribution in [2.75, 3.05) is 27.2 Å². The molecule has 0 saturated carbocycles. The lowest BCUT2D eigenvalue weighted by Crippen LogP contribution is -2.25. The minimum absolute atomic E-state index is 0.370. The molecule has 0 aliphatic rings. The van der Waals surface area contributed by atoms with Crippen LogP contribution in [0.25, 0.3) is 0 Å². The Hall–Kier alpha value is -0.350. The van der Waals surface area contributed by atoms with Gasteiger partial charge in [-0.25, -0.2) is 0 Å². The maximum absolute atomic E-state index is 11.4. The largest absolute Gasteiger partial charge is 0.497 e. The minimum atomic E-state index is -4.06. The summed E-state index contributed by atoms with van der Waals surface area (Å²) in [5.74, 6) is 0.584.